The van der Waals surface area contributed by atoms with Crippen LogP contribution in [-0.4, -0.2) is 15.8 Å². The summed E-state index contributed by atoms with van der Waals surface area (Å²) in [7, 11) is 0. The first-order valence-electron chi connectivity index (χ1n) is 3.71. The molecule has 1 N–H and O–H groups in total. The molecular formula is C9H7NO4. The van der Waals surface area contributed by atoms with Crippen LogP contribution in [0.4, 0.5) is 5.69 Å². The van der Waals surface area contributed by atoms with Crippen molar-refractivity contribution in [3.8, 4) is 5.75 Å². The Kier molecular flexibility index (Phi) is 2.62. The SMILES string of the molecule is C=CC(=O)c1cccc(O)c1[N+](=O)[O-]. The third-order valence-corrected chi connectivity index (χ3v) is 1.65. The molecule has 5 nitrogen and oxygen atoms in total. The summed E-state index contributed by atoms with van der Waals surface area (Å²) in [5.41, 5.74) is -0.748. The Morgan fingerprint density at radius 1 is 1.57 bits per heavy atom. The minimum Gasteiger partial charge on any atom is -0.502 e. The fourth-order valence-electron chi connectivity index (χ4n) is 1.03. The lowest BCUT2D eigenvalue weighted by molar-refractivity contribution is -0.386. The molecule has 14 heavy (non-hydrogen) atoms. The number of carbonyl (C=O) groups excluding carboxylic acids is 1. The van der Waals surface area contributed by atoms with Crippen LogP contribution in [0, 0.1) is 10.1 Å². The number of allylic oxidation sites excluding steroid dienone is 1. The van der Waals surface area contributed by atoms with E-state index in [1.165, 1.54) is 12.1 Å². The van der Waals surface area contributed by atoms with Crippen molar-refractivity contribution >= 4 is 11.5 Å². The lowest BCUT2D eigenvalue weighted by Gasteiger charge is -1.99. The second-order valence-corrected chi connectivity index (χ2v) is 2.50. The van der Waals surface area contributed by atoms with Crippen molar-refractivity contribution in [1.29, 1.82) is 0 Å². The third-order valence-electron chi connectivity index (χ3n) is 1.65. The van der Waals surface area contributed by atoms with E-state index in [0.717, 1.165) is 12.1 Å². The van der Waals surface area contributed by atoms with E-state index in [0.29, 0.717) is 0 Å². The summed E-state index contributed by atoms with van der Waals surface area (Å²) in [5.74, 6) is -1.12. The lowest BCUT2D eigenvalue weighted by atomic mass is 10.1. The molecule has 0 heterocycles. The van der Waals surface area contributed by atoms with Gasteiger partial charge >= 0.3 is 5.69 Å². The zero-order chi connectivity index (χ0) is 10.7. The predicted octanol–water partition coefficient (Wildman–Crippen LogP) is 1.67. The number of ketones is 1. The van der Waals surface area contributed by atoms with Crippen LogP contribution in [0.25, 0.3) is 0 Å². The van der Waals surface area contributed by atoms with Crippen LogP contribution in [0.15, 0.2) is 30.9 Å². The van der Waals surface area contributed by atoms with Gasteiger partial charge in [0.2, 0.25) is 0 Å². The Morgan fingerprint density at radius 2 is 2.21 bits per heavy atom. The van der Waals surface area contributed by atoms with Crippen LogP contribution in [0.5, 0.6) is 5.75 Å². The maximum absolute atomic E-state index is 11.2. The van der Waals surface area contributed by atoms with Crippen molar-refractivity contribution in [2.45, 2.75) is 0 Å². The Morgan fingerprint density at radius 3 is 2.71 bits per heavy atom. The van der Waals surface area contributed by atoms with Crippen molar-refractivity contribution < 1.29 is 14.8 Å². The smallest absolute Gasteiger partial charge is 0.321 e. The van der Waals surface area contributed by atoms with Gasteiger partial charge in [0.05, 0.1) is 4.92 Å². The molecule has 0 aromatic heterocycles. The topological polar surface area (TPSA) is 80.4 Å². The number of phenols is 1. The summed E-state index contributed by atoms with van der Waals surface area (Å²) in [4.78, 5) is 20.9. The number of phenolic OH excluding ortho intramolecular Hbond substituents is 1. The summed E-state index contributed by atoms with van der Waals surface area (Å²) in [6.45, 7) is 3.21. The molecule has 0 saturated heterocycles. The molecule has 0 saturated carbocycles. The number of aromatic hydroxyl groups is 1. The number of hydrogen-bond donors (Lipinski definition) is 1. The molecule has 0 aliphatic rings. The Bertz CT molecular complexity index is 411. The second-order valence-electron chi connectivity index (χ2n) is 2.50. The van der Waals surface area contributed by atoms with Crippen LogP contribution < -0.4 is 0 Å². The van der Waals surface area contributed by atoms with Gasteiger partial charge in [-0.05, 0) is 18.2 Å². The molecule has 1 aromatic carbocycles. The Balaban J connectivity index is 3.42. The molecule has 0 aliphatic carbocycles. The summed E-state index contributed by atoms with van der Waals surface area (Å²) < 4.78 is 0. The summed E-state index contributed by atoms with van der Waals surface area (Å²) in [5, 5.41) is 19.7. The molecule has 0 amide bonds. The second kappa shape index (κ2) is 3.69. The van der Waals surface area contributed by atoms with Crippen molar-refractivity contribution in [2.24, 2.45) is 0 Å². The molecule has 0 fully saturated rings. The molecule has 1 rings (SSSR count). The molecule has 0 unspecified atom stereocenters. The lowest BCUT2D eigenvalue weighted by Crippen LogP contribution is -2.00. The number of rotatable bonds is 3. The van der Waals surface area contributed by atoms with Crippen molar-refractivity contribution in [1.82, 2.24) is 0 Å². The fourth-order valence-corrected chi connectivity index (χ4v) is 1.03. The first-order valence-corrected chi connectivity index (χ1v) is 3.71. The van der Waals surface area contributed by atoms with Gasteiger partial charge in [0, 0.05) is 0 Å². The summed E-state index contributed by atoms with van der Waals surface area (Å²) in [6.07, 6.45) is 0.960. The van der Waals surface area contributed by atoms with Gasteiger partial charge in [0.15, 0.2) is 11.5 Å². The van der Waals surface area contributed by atoms with Crippen LogP contribution >= 0.6 is 0 Å². The Hall–Kier alpha value is -2.17. The highest BCUT2D eigenvalue weighted by Crippen LogP contribution is 2.29. The van der Waals surface area contributed by atoms with Gasteiger partial charge in [-0.15, -0.1) is 0 Å². The number of carbonyl (C=O) groups is 1. The van der Waals surface area contributed by atoms with Gasteiger partial charge < -0.3 is 5.11 Å². The molecule has 0 aliphatic heterocycles. The van der Waals surface area contributed by atoms with E-state index >= 15 is 0 Å². The molecule has 0 radical (unpaired) electrons. The molecule has 5 heteroatoms. The Labute approximate surface area is 79.4 Å². The molecule has 72 valence electrons. The van der Waals surface area contributed by atoms with Gasteiger partial charge in [0.25, 0.3) is 0 Å². The molecule has 1 aromatic rings. The molecule has 0 spiro atoms. The van der Waals surface area contributed by atoms with Crippen LogP contribution in [0.3, 0.4) is 0 Å². The highest BCUT2D eigenvalue weighted by atomic mass is 16.6. The number of para-hydroxylation sites is 1. The van der Waals surface area contributed by atoms with Crippen molar-refractivity contribution in [3.05, 3.63) is 46.5 Å². The van der Waals surface area contributed by atoms with E-state index < -0.39 is 22.1 Å². The van der Waals surface area contributed by atoms with Gasteiger partial charge in [0.1, 0.15) is 5.56 Å². The minimum absolute atomic E-state index is 0.162. The molecule has 0 bridgehead atoms. The van der Waals surface area contributed by atoms with Crippen LogP contribution in [0.1, 0.15) is 10.4 Å². The van der Waals surface area contributed by atoms with Gasteiger partial charge in [-0.3, -0.25) is 14.9 Å². The summed E-state index contributed by atoms with van der Waals surface area (Å²) in [6, 6.07) is 3.78. The van der Waals surface area contributed by atoms with Gasteiger partial charge in [-0.1, -0.05) is 12.6 Å². The van der Waals surface area contributed by atoms with E-state index in [2.05, 4.69) is 6.58 Å². The van der Waals surface area contributed by atoms with Gasteiger partial charge in [-0.2, -0.15) is 0 Å². The molecule has 0 atom stereocenters. The number of nitrogens with zero attached hydrogens (tertiary/aromatic N) is 1. The van der Waals surface area contributed by atoms with Crippen LogP contribution in [0.2, 0.25) is 0 Å². The molecular weight excluding hydrogens is 186 g/mol. The standard InChI is InChI=1S/C9H7NO4/c1-2-7(11)6-4-3-5-8(12)9(6)10(13)14/h2-5,12H,1H2. The predicted molar refractivity (Wildman–Crippen MR) is 49.3 cm³/mol. The van der Waals surface area contributed by atoms with E-state index in [-0.39, 0.29) is 5.56 Å². The zero-order valence-corrected chi connectivity index (χ0v) is 7.14. The zero-order valence-electron chi connectivity index (χ0n) is 7.14. The third kappa shape index (κ3) is 1.61. The first kappa shape index (κ1) is 9.91. The largest absolute Gasteiger partial charge is 0.502 e. The van der Waals surface area contributed by atoms with E-state index in [1.54, 1.807) is 0 Å². The van der Waals surface area contributed by atoms with Crippen molar-refractivity contribution in [3.63, 3.8) is 0 Å². The summed E-state index contributed by atoms with van der Waals surface area (Å²) >= 11 is 0. The van der Waals surface area contributed by atoms with E-state index in [1.807, 2.05) is 0 Å². The number of nitro groups is 1. The van der Waals surface area contributed by atoms with E-state index in [4.69, 9.17) is 0 Å². The van der Waals surface area contributed by atoms with Crippen LogP contribution in [-0.2, 0) is 0 Å². The normalized spacial score (nSPS) is 9.43. The fraction of sp³-hybridized carbons (Fsp3) is 0. The highest BCUT2D eigenvalue weighted by Gasteiger charge is 2.22. The quantitative estimate of drug-likeness (QED) is 0.342. The average molecular weight is 193 g/mol. The van der Waals surface area contributed by atoms with Gasteiger partial charge in [-0.25, -0.2) is 0 Å². The first-order chi connectivity index (χ1) is 6.57. The maximum Gasteiger partial charge on any atom is 0.321 e. The number of hydrogen-bond acceptors (Lipinski definition) is 4. The number of nitro benzene ring substituents is 1. The van der Waals surface area contributed by atoms with E-state index in [9.17, 15) is 20.0 Å². The minimum atomic E-state index is -0.800. The average Bonchev–Trinajstić information content (AvgIpc) is 2.15. The monoisotopic (exact) mass is 193 g/mol. The van der Waals surface area contributed by atoms with Crippen molar-refractivity contribution in [2.75, 3.05) is 0 Å². The maximum atomic E-state index is 11.2. The highest BCUT2D eigenvalue weighted by molar-refractivity contribution is 6.07. The number of benzene rings is 1.